The lowest BCUT2D eigenvalue weighted by atomic mass is 10.2. The monoisotopic (exact) mass is 475 g/mol. The van der Waals surface area contributed by atoms with Crippen molar-refractivity contribution in [3.63, 3.8) is 0 Å². The molecule has 0 fully saturated rings. The summed E-state index contributed by atoms with van der Waals surface area (Å²) < 4.78 is 55.5. The Hall–Kier alpha value is -2.76. The SMILES string of the molecule is CCN(CC(=O)Nc1ccc(NC(C)=O)cc1)S(=O)(=O)c1ccc(OC(F)F)c(Cl)c1. The molecule has 2 aromatic carbocycles. The fourth-order valence-electron chi connectivity index (χ4n) is 2.55. The molecule has 2 N–H and O–H groups in total. The van der Waals surface area contributed by atoms with Crippen LogP contribution in [0.4, 0.5) is 20.2 Å². The Balaban J connectivity index is 2.11. The molecule has 8 nitrogen and oxygen atoms in total. The van der Waals surface area contributed by atoms with Crippen LogP contribution in [0.3, 0.4) is 0 Å². The molecular formula is C19H20ClF2N3O5S. The van der Waals surface area contributed by atoms with E-state index in [2.05, 4.69) is 15.4 Å². The number of sulfonamides is 1. The molecule has 0 bridgehead atoms. The third-order valence-electron chi connectivity index (χ3n) is 3.92. The van der Waals surface area contributed by atoms with Gasteiger partial charge in [0.2, 0.25) is 21.8 Å². The Kier molecular flexibility index (Phi) is 8.31. The minimum Gasteiger partial charge on any atom is -0.433 e. The number of halogens is 3. The van der Waals surface area contributed by atoms with Gasteiger partial charge in [0.15, 0.2) is 0 Å². The second-order valence-corrected chi connectivity index (χ2v) is 8.55. The van der Waals surface area contributed by atoms with Crippen molar-refractivity contribution in [2.75, 3.05) is 23.7 Å². The Morgan fingerprint density at radius 1 is 1.10 bits per heavy atom. The van der Waals surface area contributed by atoms with Crippen molar-refractivity contribution < 1.29 is 31.5 Å². The number of amides is 2. The number of ether oxygens (including phenoxy) is 1. The molecule has 0 saturated carbocycles. The lowest BCUT2D eigenvalue weighted by Gasteiger charge is -2.20. The maximum absolute atomic E-state index is 12.8. The van der Waals surface area contributed by atoms with Gasteiger partial charge in [0.25, 0.3) is 0 Å². The molecule has 0 atom stereocenters. The normalized spacial score (nSPS) is 11.5. The van der Waals surface area contributed by atoms with Crippen LogP contribution in [0.5, 0.6) is 5.75 Å². The number of carbonyl (C=O) groups excluding carboxylic acids is 2. The van der Waals surface area contributed by atoms with E-state index in [9.17, 15) is 26.8 Å². The number of hydrogen-bond donors (Lipinski definition) is 2. The van der Waals surface area contributed by atoms with Crippen molar-refractivity contribution in [2.45, 2.75) is 25.4 Å². The van der Waals surface area contributed by atoms with Gasteiger partial charge in [-0.1, -0.05) is 18.5 Å². The molecule has 31 heavy (non-hydrogen) atoms. The number of nitrogens with one attached hydrogen (secondary N) is 2. The third kappa shape index (κ3) is 6.88. The number of benzene rings is 2. The third-order valence-corrected chi connectivity index (χ3v) is 6.13. The lowest BCUT2D eigenvalue weighted by molar-refractivity contribution is -0.116. The van der Waals surface area contributed by atoms with Crippen LogP contribution in [0.1, 0.15) is 13.8 Å². The van der Waals surface area contributed by atoms with Crippen molar-refractivity contribution in [1.82, 2.24) is 4.31 Å². The highest BCUT2D eigenvalue weighted by Crippen LogP contribution is 2.29. The van der Waals surface area contributed by atoms with Crippen LogP contribution in [0.25, 0.3) is 0 Å². The van der Waals surface area contributed by atoms with Gasteiger partial charge in [-0.15, -0.1) is 0 Å². The van der Waals surface area contributed by atoms with Crippen LogP contribution in [-0.4, -0.2) is 44.2 Å². The zero-order valence-corrected chi connectivity index (χ0v) is 18.1. The fraction of sp³-hybridized carbons (Fsp3) is 0.263. The van der Waals surface area contributed by atoms with E-state index in [-0.39, 0.29) is 28.1 Å². The summed E-state index contributed by atoms with van der Waals surface area (Å²) in [5.74, 6) is -1.20. The van der Waals surface area contributed by atoms with Crippen LogP contribution in [0.15, 0.2) is 47.4 Å². The number of alkyl halides is 2. The Bertz CT molecular complexity index is 1050. The summed E-state index contributed by atoms with van der Waals surface area (Å²) in [5, 5.41) is 4.84. The number of carbonyl (C=O) groups is 2. The van der Waals surface area contributed by atoms with Gasteiger partial charge >= 0.3 is 6.61 Å². The molecule has 0 aromatic heterocycles. The molecule has 0 aliphatic rings. The predicted octanol–water partition coefficient (Wildman–Crippen LogP) is 3.55. The van der Waals surface area contributed by atoms with E-state index in [0.29, 0.717) is 11.4 Å². The van der Waals surface area contributed by atoms with Gasteiger partial charge in [-0.3, -0.25) is 9.59 Å². The minimum absolute atomic E-state index is 0.0237. The van der Waals surface area contributed by atoms with Crippen molar-refractivity contribution in [3.05, 3.63) is 47.5 Å². The first-order chi connectivity index (χ1) is 14.5. The number of anilines is 2. The molecule has 0 radical (unpaired) electrons. The number of hydrogen-bond acceptors (Lipinski definition) is 5. The number of likely N-dealkylation sites (N-methyl/N-ethyl adjacent to an activating group) is 1. The topological polar surface area (TPSA) is 105 Å². The first kappa shape index (κ1) is 24.5. The average molecular weight is 476 g/mol. The smallest absolute Gasteiger partial charge is 0.387 e. The van der Waals surface area contributed by atoms with E-state index in [1.54, 1.807) is 31.2 Å². The number of rotatable bonds is 9. The molecule has 2 aromatic rings. The molecule has 0 saturated heterocycles. The largest absolute Gasteiger partial charge is 0.433 e. The Labute approximate surface area is 183 Å². The van der Waals surface area contributed by atoms with E-state index in [1.165, 1.54) is 6.92 Å². The van der Waals surface area contributed by atoms with Gasteiger partial charge in [-0.05, 0) is 42.5 Å². The van der Waals surface area contributed by atoms with Crippen LogP contribution >= 0.6 is 11.6 Å². The van der Waals surface area contributed by atoms with E-state index in [4.69, 9.17) is 11.6 Å². The molecule has 0 heterocycles. The number of nitrogens with zero attached hydrogens (tertiary/aromatic N) is 1. The van der Waals surface area contributed by atoms with Gasteiger partial charge in [0.05, 0.1) is 16.5 Å². The second kappa shape index (κ2) is 10.5. The van der Waals surface area contributed by atoms with Crippen LogP contribution in [0.2, 0.25) is 5.02 Å². The summed E-state index contributed by atoms with van der Waals surface area (Å²) >= 11 is 5.84. The molecule has 2 rings (SSSR count). The van der Waals surface area contributed by atoms with Crippen LogP contribution in [-0.2, 0) is 19.6 Å². The van der Waals surface area contributed by atoms with Crippen molar-refractivity contribution in [2.24, 2.45) is 0 Å². The lowest BCUT2D eigenvalue weighted by Crippen LogP contribution is -2.37. The molecular weight excluding hydrogens is 456 g/mol. The maximum Gasteiger partial charge on any atom is 0.387 e. The van der Waals surface area contributed by atoms with E-state index < -0.39 is 29.1 Å². The molecule has 2 amide bonds. The average Bonchev–Trinajstić information content (AvgIpc) is 2.68. The van der Waals surface area contributed by atoms with Crippen LogP contribution in [0, 0.1) is 0 Å². The minimum atomic E-state index is -4.13. The standard InChI is InChI=1S/C19H20ClF2N3O5S/c1-3-25(11-18(27)24-14-6-4-13(5-7-14)23-12(2)26)31(28,29)15-8-9-17(16(20)10-15)30-19(21)22/h4-10,19H,3,11H2,1-2H3,(H,23,26)(H,24,27). The Morgan fingerprint density at radius 2 is 1.68 bits per heavy atom. The van der Waals surface area contributed by atoms with Gasteiger partial charge < -0.3 is 15.4 Å². The summed E-state index contributed by atoms with van der Waals surface area (Å²) in [6, 6.07) is 9.33. The molecule has 0 spiro atoms. The van der Waals surface area contributed by atoms with Gasteiger partial charge in [0, 0.05) is 24.8 Å². The maximum atomic E-state index is 12.8. The zero-order chi connectivity index (χ0) is 23.2. The van der Waals surface area contributed by atoms with Gasteiger partial charge in [-0.25, -0.2) is 8.42 Å². The molecule has 0 aliphatic carbocycles. The van der Waals surface area contributed by atoms with E-state index >= 15 is 0 Å². The highest BCUT2D eigenvalue weighted by molar-refractivity contribution is 7.89. The van der Waals surface area contributed by atoms with Crippen molar-refractivity contribution in [1.29, 1.82) is 0 Å². The summed E-state index contributed by atoms with van der Waals surface area (Å²) in [6.45, 7) is -0.711. The van der Waals surface area contributed by atoms with Crippen molar-refractivity contribution in [3.8, 4) is 5.75 Å². The van der Waals surface area contributed by atoms with Crippen molar-refractivity contribution >= 4 is 44.8 Å². The summed E-state index contributed by atoms with van der Waals surface area (Å²) in [7, 11) is -4.13. The quantitative estimate of drug-likeness (QED) is 0.577. The molecule has 168 valence electrons. The van der Waals surface area contributed by atoms with Gasteiger partial charge in [-0.2, -0.15) is 13.1 Å². The van der Waals surface area contributed by atoms with Gasteiger partial charge in [0.1, 0.15) is 5.75 Å². The molecule has 0 unspecified atom stereocenters. The second-order valence-electron chi connectivity index (χ2n) is 6.21. The summed E-state index contributed by atoms with van der Waals surface area (Å²) in [4.78, 5) is 23.1. The first-order valence-corrected chi connectivity index (χ1v) is 10.8. The fourth-order valence-corrected chi connectivity index (χ4v) is 4.27. The van der Waals surface area contributed by atoms with E-state index in [1.807, 2.05) is 0 Å². The Morgan fingerprint density at radius 3 is 2.16 bits per heavy atom. The summed E-state index contributed by atoms with van der Waals surface area (Å²) in [5.41, 5.74) is 0.948. The van der Waals surface area contributed by atoms with E-state index in [0.717, 1.165) is 22.5 Å². The summed E-state index contributed by atoms with van der Waals surface area (Å²) in [6.07, 6.45) is 0. The highest BCUT2D eigenvalue weighted by atomic mass is 35.5. The predicted molar refractivity (Wildman–Crippen MR) is 112 cm³/mol. The molecule has 0 aliphatic heterocycles. The molecule has 12 heteroatoms. The zero-order valence-electron chi connectivity index (χ0n) is 16.6. The first-order valence-electron chi connectivity index (χ1n) is 8.95. The van der Waals surface area contributed by atoms with Crippen LogP contribution < -0.4 is 15.4 Å². The highest BCUT2D eigenvalue weighted by Gasteiger charge is 2.26.